The van der Waals surface area contributed by atoms with Crippen molar-refractivity contribution in [2.75, 3.05) is 5.32 Å². The average Bonchev–Trinajstić information content (AvgIpc) is 3.17. The molecule has 0 saturated heterocycles. The van der Waals surface area contributed by atoms with E-state index in [1.54, 1.807) is 0 Å². The number of aliphatic carboxylic acids is 1. The third-order valence-corrected chi connectivity index (χ3v) is 4.08. The first-order valence-corrected chi connectivity index (χ1v) is 6.70. The summed E-state index contributed by atoms with van der Waals surface area (Å²) in [6, 6.07) is 1.96. The Kier molecular flexibility index (Phi) is 3.68. The molecule has 1 aliphatic rings. The topological polar surface area (TPSA) is 92.5 Å². The molecular formula is C12H12BrFN2O4. The van der Waals surface area contributed by atoms with Crippen molar-refractivity contribution in [2.24, 2.45) is 5.92 Å². The lowest BCUT2D eigenvalue weighted by Crippen LogP contribution is -2.45. The van der Waals surface area contributed by atoms with Crippen molar-refractivity contribution >= 4 is 33.3 Å². The Morgan fingerprint density at radius 1 is 1.60 bits per heavy atom. The van der Waals surface area contributed by atoms with Crippen LogP contribution < -0.4 is 5.32 Å². The van der Waals surface area contributed by atoms with E-state index >= 15 is 0 Å². The van der Waals surface area contributed by atoms with E-state index in [9.17, 15) is 24.4 Å². The number of carboxylic acids is 1. The van der Waals surface area contributed by atoms with Gasteiger partial charge in [0.15, 0.2) is 0 Å². The molecule has 1 saturated carbocycles. The highest BCUT2D eigenvalue weighted by atomic mass is 79.9. The predicted molar refractivity (Wildman–Crippen MR) is 73.1 cm³/mol. The van der Waals surface area contributed by atoms with Crippen LogP contribution in [0.3, 0.4) is 0 Å². The highest BCUT2D eigenvalue weighted by molar-refractivity contribution is 9.10. The smallest absolute Gasteiger partial charge is 0.329 e. The second-order valence-corrected chi connectivity index (χ2v) is 5.80. The molecule has 0 aliphatic heterocycles. The zero-order valence-corrected chi connectivity index (χ0v) is 12.1. The number of nitrogens with one attached hydrogen (secondary N) is 1. The van der Waals surface area contributed by atoms with Gasteiger partial charge in [-0.2, -0.15) is 0 Å². The van der Waals surface area contributed by atoms with E-state index < -0.39 is 22.2 Å². The maximum absolute atomic E-state index is 13.6. The molecule has 1 aliphatic carbocycles. The van der Waals surface area contributed by atoms with Crippen molar-refractivity contribution in [2.45, 2.75) is 25.3 Å². The van der Waals surface area contributed by atoms with Gasteiger partial charge in [-0.15, -0.1) is 0 Å². The molecule has 0 amide bonds. The predicted octanol–water partition coefficient (Wildman–Crippen LogP) is 3.16. The van der Waals surface area contributed by atoms with E-state index in [4.69, 9.17) is 0 Å². The molecule has 6 nitrogen and oxygen atoms in total. The van der Waals surface area contributed by atoms with Crippen molar-refractivity contribution in [3.63, 3.8) is 0 Å². The minimum Gasteiger partial charge on any atom is -0.480 e. The number of halogens is 2. The van der Waals surface area contributed by atoms with Crippen LogP contribution in [0.15, 0.2) is 16.6 Å². The lowest BCUT2D eigenvalue weighted by molar-refractivity contribution is -0.384. The van der Waals surface area contributed by atoms with Crippen molar-refractivity contribution in [1.82, 2.24) is 0 Å². The summed E-state index contributed by atoms with van der Waals surface area (Å²) in [4.78, 5) is 21.7. The van der Waals surface area contributed by atoms with Gasteiger partial charge >= 0.3 is 5.97 Å². The fourth-order valence-electron chi connectivity index (χ4n) is 2.06. The maximum Gasteiger partial charge on any atom is 0.329 e. The van der Waals surface area contributed by atoms with E-state index in [-0.39, 0.29) is 21.8 Å². The van der Waals surface area contributed by atoms with Gasteiger partial charge < -0.3 is 10.4 Å². The lowest BCUT2D eigenvalue weighted by atomic mass is 9.95. The molecule has 0 heterocycles. The van der Waals surface area contributed by atoms with E-state index in [0.29, 0.717) is 0 Å². The van der Waals surface area contributed by atoms with Gasteiger partial charge in [0.2, 0.25) is 0 Å². The van der Waals surface area contributed by atoms with E-state index in [2.05, 4.69) is 21.2 Å². The van der Waals surface area contributed by atoms with Gasteiger partial charge in [-0.05, 0) is 41.6 Å². The van der Waals surface area contributed by atoms with Crippen LogP contribution in [0.25, 0.3) is 0 Å². The Balaban J connectivity index is 2.44. The van der Waals surface area contributed by atoms with E-state index in [1.807, 2.05) is 0 Å². The average molecular weight is 347 g/mol. The molecule has 0 radical (unpaired) electrons. The monoisotopic (exact) mass is 346 g/mol. The zero-order chi connectivity index (χ0) is 15.1. The second kappa shape index (κ2) is 5.01. The van der Waals surface area contributed by atoms with Gasteiger partial charge in [0.05, 0.1) is 9.40 Å². The number of hydrogen-bond donors (Lipinski definition) is 2. The highest BCUT2D eigenvalue weighted by Gasteiger charge is 2.48. The van der Waals surface area contributed by atoms with Crippen LogP contribution in [0, 0.1) is 21.8 Å². The fourth-order valence-corrected chi connectivity index (χ4v) is 2.39. The van der Waals surface area contributed by atoms with Crippen LogP contribution in [0.2, 0.25) is 0 Å². The molecule has 0 aromatic heterocycles. The summed E-state index contributed by atoms with van der Waals surface area (Å²) in [5, 5.41) is 23.0. The van der Waals surface area contributed by atoms with Gasteiger partial charge in [-0.3, -0.25) is 10.1 Å². The first-order valence-electron chi connectivity index (χ1n) is 5.90. The van der Waals surface area contributed by atoms with E-state index in [1.165, 1.54) is 6.92 Å². The SMILES string of the molecule is CC(Nc1cc(F)c(Br)cc1[N+](=O)[O-])(C(=O)O)C1CC1. The van der Waals surface area contributed by atoms with Gasteiger partial charge in [-0.1, -0.05) is 0 Å². The normalized spacial score (nSPS) is 17.4. The van der Waals surface area contributed by atoms with Crippen molar-refractivity contribution in [1.29, 1.82) is 0 Å². The number of anilines is 1. The summed E-state index contributed by atoms with van der Waals surface area (Å²) in [5.41, 5.74) is -1.84. The first kappa shape index (κ1) is 14.7. The zero-order valence-electron chi connectivity index (χ0n) is 10.5. The Bertz CT molecular complexity index is 591. The number of carboxylic acid groups (broad SMARTS) is 1. The summed E-state index contributed by atoms with van der Waals surface area (Å²) in [7, 11) is 0. The van der Waals surface area contributed by atoms with Crippen LogP contribution in [0.5, 0.6) is 0 Å². The molecule has 1 aromatic rings. The second-order valence-electron chi connectivity index (χ2n) is 4.95. The maximum atomic E-state index is 13.6. The van der Waals surface area contributed by atoms with Crippen LogP contribution in [-0.2, 0) is 4.79 Å². The molecule has 1 atom stereocenters. The molecule has 108 valence electrons. The van der Waals surface area contributed by atoms with Gasteiger partial charge in [0.25, 0.3) is 5.69 Å². The van der Waals surface area contributed by atoms with Crippen LogP contribution >= 0.6 is 15.9 Å². The Morgan fingerprint density at radius 2 is 2.20 bits per heavy atom. The van der Waals surface area contributed by atoms with Crippen LogP contribution in [0.1, 0.15) is 19.8 Å². The number of hydrogen-bond acceptors (Lipinski definition) is 4. The molecule has 0 bridgehead atoms. The largest absolute Gasteiger partial charge is 0.480 e. The summed E-state index contributed by atoms with van der Waals surface area (Å²) in [6.45, 7) is 1.46. The fraction of sp³-hybridized carbons (Fsp3) is 0.417. The molecule has 2 N–H and O–H groups in total. The molecule has 8 heteroatoms. The quantitative estimate of drug-likeness (QED) is 0.631. The summed E-state index contributed by atoms with van der Waals surface area (Å²) < 4.78 is 13.5. The molecule has 1 fully saturated rings. The molecule has 0 spiro atoms. The third kappa shape index (κ3) is 2.60. The van der Waals surface area contributed by atoms with Gasteiger partial charge in [0, 0.05) is 12.1 Å². The number of nitro groups is 1. The number of nitro benzene ring substituents is 1. The highest BCUT2D eigenvalue weighted by Crippen LogP contribution is 2.43. The molecule has 1 aromatic carbocycles. The van der Waals surface area contributed by atoms with Crippen LogP contribution in [0.4, 0.5) is 15.8 Å². The molecular weight excluding hydrogens is 335 g/mol. The Morgan fingerprint density at radius 3 is 2.65 bits per heavy atom. The van der Waals surface area contributed by atoms with Gasteiger partial charge in [-0.25, -0.2) is 9.18 Å². The number of carbonyl (C=O) groups is 1. The Hall–Kier alpha value is -1.70. The first-order chi connectivity index (χ1) is 9.25. The molecule has 20 heavy (non-hydrogen) atoms. The molecule has 2 rings (SSSR count). The number of nitrogens with zero attached hydrogens (tertiary/aromatic N) is 1. The van der Waals surface area contributed by atoms with E-state index in [0.717, 1.165) is 25.0 Å². The van der Waals surface area contributed by atoms with Crippen molar-refractivity contribution in [3.8, 4) is 0 Å². The summed E-state index contributed by atoms with van der Waals surface area (Å²) in [5.74, 6) is -1.93. The van der Waals surface area contributed by atoms with Crippen LogP contribution in [-0.4, -0.2) is 21.5 Å². The Labute approximate surface area is 122 Å². The van der Waals surface area contributed by atoms with Gasteiger partial charge in [0.1, 0.15) is 17.0 Å². The standard InChI is InChI=1S/C12H12BrFN2O4/c1-12(11(17)18,6-2-3-6)15-9-5-8(14)7(13)4-10(9)16(19)20/h4-6,15H,2-3H2,1H3,(H,17,18). The van der Waals surface area contributed by atoms with Crippen molar-refractivity contribution in [3.05, 3.63) is 32.5 Å². The summed E-state index contributed by atoms with van der Waals surface area (Å²) in [6.07, 6.45) is 1.45. The number of benzene rings is 1. The minimum absolute atomic E-state index is 0.0433. The lowest BCUT2D eigenvalue weighted by Gasteiger charge is -2.27. The third-order valence-electron chi connectivity index (χ3n) is 3.47. The number of rotatable bonds is 5. The minimum atomic E-state index is -1.34. The summed E-state index contributed by atoms with van der Waals surface area (Å²) >= 11 is 2.87. The molecule has 1 unspecified atom stereocenters. The van der Waals surface area contributed by atoms with Crippen molar-refractivity contribution < 1.29 is 19.2 Å².